The minimum Gasteiger partial charge on any atom is -0.486 e. The number of fused-ring (bicyclic) bond motifs is 2. The molecule has 0 atom stereocenters. The lowest BCUT2D eigenvalue weighted by Crippen LogP contribution is -2.28. The molecule has 3 aromatic rings. The highest BCUT2D eigenvalue weighted by atomic mass is 16.6. The zero-order chi connectivity index (χ0) is 17.4. The first-order valence-electron chi connectivity index (χ1n) is 7.63. The van der Waals surface area contributed by atoms with Crippen LogP contribution in [0.3, 0.4) is 0 Å². The first-order chi connectivity index (χ1) is 12.1. The third-order valence-electron chi connectivity index (χ3n) is 3.77. The fourth-order valence-corrected chi connectivity index (χ4v) is 2.60. The quantitative estimate of drug-likeness (QED) is 0.759. The molecule has 0 radical (unpaired) electrons. The molecule has 128 valence electrons. The fourth-order valence-electron chi connectivity index (χ4n) is 2.60. The summed E-state index contributed by atoms with van der Waals surface area (Å²) >= 11 is 0. The molecule has 4 rings (SSSR count). The molecule has 0 aliphatic carbocycles. The van der Waals surface area contributed by atoms with Gasteiger partial charge in [0, 0.05) is 11.8 Å². The van der Waals surface area contributed by atoms with Gasteiger partial charge in [0.25, 0.3) is 11.3 Å². The Balaban J connectivity index is 1.54. The van der Waals surface area contributed by atoms with Crippen molar-refractivity contribution in [2.45, 2.75) is 13.5 Å². The molecule has 1 amide bonds. The summed E-state index contributed by atoms with van der Waals surface area (Å²) in [6.07, 6.45) is 1.26. The number of benzene rings is 1. The number of ether oxygens (including phenoxy) is 2. The van der Waals surface area contributed by atoms with E-state index in [-0.39, 0.29) is 29.1 Å². The van der Waals surface area contributed by atoms with Crippen molar-refractivity contribution in [2.24, 2.45) is 0 Å². The third kappa shape index (κ3) is 2.80. The predicted molar refractivity (Wildman–Crippen MR) is 86.9 cm³/mol. The third-order valence-corrected chi connectivity index (χ3v) is 3.77. The van der Waals surface area contributed by atoms with Crippen molar-refractivity contribution in [2.75, 3.05) is 18.5 Å². The summed E-state index contributed by atoms with van der Waals surface area (Å²) in [4.78, 5) is 28.6. The Morgan fingerprint density at radius 2 is 2.08 bits per heavy atom. The molecular formula is C16H14N4O5. The Morgan fingerprint density at radius 1 is 1.28 bits per heavy atom. The number of nitrogens with zero attached hydrogens (tertiary/aromatic N) is 3. The molecule has 9 heteroatoms. The number of anilines is 1. The van der Waals surface area contributed by atoms with Gasteiger partial charge in [0.15, 0.2) is 11.5 Å². The normalized spacial score (nSPS) is 13.0. The Kier molecular flexibility index (Phi) is 3.60. The highest BCUT2D eigenvalue weighted by Crippen LogP contribution is 2.32. The first-order valence-corrected chi connectivity index (χ1v) is 7.63. The molecule has 0 unspecified atom stereocenters. The Bertz CT molecular complexity index is 1020. The van der Waals surface area contributed by atoms with Gasteiger partial charge in [-0.15, -0.1) is 0 Å². The Labute approximate surface area is 141 Å². The van der Waals surface area contributed by atoms with Crippen LogP contribution in [-0.2, 0) is 11.3 Å². The number of carbonyl (C=O) groups is 1. The van der Waals surface area contributed by atoms with Crippen molar-refractivity contribution in [1.82, 2.24) is 14.7 Å². The highest BCUT2D eigenvalue weighted by Gasteiger charge is 2.15. The van der Waals surface area contributed by atoms with Gasteiger partial charge in [-0.2, -0.15) is 0 Å². The molecule has 2 aromatic heterocycles. The van der Waals surface area contributed by atoms with E-state index in [1.165, 1.54) is 10.9 Å². The van der Waals surface area contributed by atoms with Crippen molar-refractivity contribution in [3.05, 3.63) is 40.6 Å². The van der Waals surface area contributed by atoms with Gasteiger partial charge >= 0.3 is 0 Å². The fraction of sp³-hybridized carbons (Fsp3) is 0.250. The van der Waals surface area contributed by atoms with Gasteiger partial charge < -0.3 is 19.3 Å². The van der Waals surface area contributed by atoms with Gasteiger partial charge in [-0.25, -0.2) is 4.98 Å². The molecule has 0 spiro atoms. The van der Waals surface area contributed by atoms with Crippen LogP contribution in [0.4, 0.5) is 5.69 Å². The molecule has 0 saturated carbocycles. The minimum absolute atomic E-state index is 0.158. The minimum atomic E-state index is -0.374. The standard InChI is InChI=1S/C16H14N4O5/c1-9-14-15(25-19-9)17-8-20(16(14)22)7-13(21)18-10-2-3-11-12(6-10)24-5-4-23-11/h2-3,6,8H,4-5,7H2,1H3,(H,18,21). The van der Waals surface area contributed by atoms with Gasteiger partial charge in [0.2, 0.25) is 5.91 Å². The van der Waals surface area contributed by atoms with Crippen molar-refractivity contribution >= 4 is 22.7 Å². The second-order valence-electron chi connectivity index (χ2n) is 5.53. The molecule has 3 heterocycles. The van der Waals surface area contributed by atoms with Crippen LogP contribution in [0.25, 0.3) is 11.1 Å². The maximum atomic E-state index is 12.4. The number of amides is 1. The smallest absolute Gasteiger partial charge is 0.267 e. The van der Waals surface area contributed by atoms with Crippen molar-refractivity contribution in [3.63, 3.8) is 0 Å². The molecule has 0 saturated heterocycles. The number of nitrogens with one attached hydrogen (secondary N) is 1. The average molecular weight is 342 g/mol. The molecule has 1 aromatic carbocycles. The van der Waals surface area contributed by atoms with Crippen molar-refractivity contribution in [1.29, 1.82) is 0 Å². The molecule has 0 fully saturated rings. The van der Waals surface area contributed by atoms with Gasteiger partial charge in [-0.05, 0) is 19.1 Å². The van der Waals surface area contributed by atoms with E-state index >= 15 is 0 Å². The van der Waals surface area contributed by atoms with E-state index in [4.69, 9.17) is 14.0 Å². The van der Waals surface area contributed by atoms with Crippen molar-refractivity contribution in [3.8, 4) is 11.5 Å². The van der Waals surface area contributed by atoms with E-state index in [1.807, 2.05) is 0 Å². The van der Waals surface area contributed by atoms with Gasteiger partial charge in [-0.1, -0.05) is 5.16 Å². The van der Waals surface area contributed by atoms with E-state index in [0.717, 1.165) is 0 Å². The summed E-state index contributed by atoms with van der Waals surface area (Å²) in [5, 5.41) is 6.70. The maximum Gasteiger partial charge on any atom is 0.267 e. The number of aromatic nitrogens is 3. The van der Waals surface area contributed by atoms with E-state index in [0.29, 0.717) is 36.1 Å². The summed E-state index contributed by atoms with van der Waals surface area (Å²) in [5.74, 6) is 0.844. The Hall–Kier alpha value is -3.36. The topological polar surface area (TPSA) is 108 Å². The SMILES string of the molecule is Cc1noc2ncn(CC(=O)Nc3ccc4c(c3)OCCO4)c(=O)c12. The monoisotopic (exact) mass is 342 g/mol. The zero-order valence-electron chi connectivity index (χ0n) is 13.3. The Morgan fingerprint density at radius 3 is 2.92 bits per heavy atom. The maximum absolute atomic E-state index is 12.4. The summed E-state index contributed by atoms with van der Waals surface area (Å²) in [6, 6.07) is 5.12. The number of hydrogen-bond donors (Lipinski definition) is 1. The predicted octanol–water partition coefficient (Wildman–Crippen LogP) is 1.10. The molecular weight excluding hydrogens is 328 g/mol. The van der Waals surface area contributed by atoms with E-state index < -0.39 is 0 Å². The van der Waals surface area contributed by atoms with E-state index in [2.05, 4.69) is 15.5 Å². The van der Waals surface area contributed by atoms with Crippen LogP contribution in [0, 0.1) is 6.92 Å². The van der Waals surface area contributed by atoms with Crippen LogP contribution < -0.4 is 20.3 Å². The highest BCUT2D eigenvalue weighted by molar-refractivity contribution is 5.91. The number of carbonyl (C=O) groups excluding carboxylic acids is 1. The van der Waals surface area contributed by atoms with Gasteiger partial charge in [0.1, 0.15) is 31.5 Å². The van der Waals surface area contributed by atoms with Crippen LogP contribution in [0.1, 0.15) is 5.69 Å². The van der Waals surface area contributed by atoms with Crippen molar-refractivity contribution < 1.29 is 18.8 Å². The second kappa shape index (κ2) is 5.93. The van der Waals surface area contributed by atoms with Crippen LogP contribution in [-0.4, -0.2) is 33.8 Å². The lowest BCUT2D eigenvalue weighted by molar-refractivity contribution is -0.116. The average Bonchev–Trinajstić information content (AvgIpc) is 2.99. The second-order valence-corrected chi connectivity index (χ2v) is 5.53. The molecule has 9 nitrogen and oxygen atoms in total. The van der Waals surface area contributed by atoms with Crippen LogP contribution in [0.5, 0.6) is 11.5 Å². The largest absolute Gasteiger partial charge is 0.486 e. The summed E-state index contributed by atoms with van der Waals surface area (Å²) in [7, 11) is 0. The first kappa shape index (κ1) is 15.2. The molecule has 25 heavy (non-hydrogen) atoms. The molecule has 1 aliphatic heterocycles. The summed E-state index contributed by atoms with van der Waals surface area (Å²) in [5.41, 5.74) is 0.777. The zero-order valence-corrected chi connectivity index (χ0v) is 13.3. The van der Waals surface area contributed by atoms with Crippen LogP contribution in [0.2, 0.25) is 0 Å². The van der Waals surface area contributed by atoms with Gasteiger partial charge in [0.05, 0.1) is 5.69 Å². The lowest BCUT2D eigenvalue weighted by Gasteiger charge is -2.19. The van der Waals surface area contributed by atoms with Crippen LogP contribution in [0.15, 0.2) is 33.8 Å². The summed E-state index contributed by atoms with van der Waals surface area (Å²) in [6.45, 7) is 2.43. The number of aryl methyl sites for hydroxylation is 1. The molecule has 1 N–H and O–H groups in total. The van der Waals surface area contributed by atoms with E-state index in [1.54, 1.807) is 25.1 Å². The number of rotatable bonds is 3. The van der Waals surface area contributed by atoms with E-state index in [9.17, 15) is 9.59 Å². The summed E-state index contributed by atoms with van der Waals surface area (Å²) < 4.78 is 17.1. The molecule has 1 aliphatic rings. The number of hydrogen-bond acceptors (Lipinski definition) is 7. The molecule has 0 bridgehead atoms. The van der Waals surface area contributed by atoms with Crippen LogP contribution >= 0.6 is 0 Å². The lowest BCUT2D eigenvalue weighted by atomic mass is 10.2. The van der Waals surface area contributed by atoms with Gasteiger partial charge in [-0.3, -0.25) is 14.2 Å².